The van der Waals surface area contributed by atoms with Crippen LogP contribution in [0, 0.1) is 0 Å². The molecule has 0 amide bonds. The topological polar surface area (TPSA) is 56.7 Å². The number of para-hydroxylation sites is 3. The van der Waals surface area contributed by atoms with Crippen molar-refractivity contribution >= 4 is 75.3 Å². The van der Waals surface area contributed by atoms with Crippen molar-refractivity contribution in [3.05, 3.63) is 158 Å². The zero-order valence-corrected chi connectivity index (χ0v) is 27.9. The molecule has 0 aliphatic carbocycles. The summed E-state index contributed by atoms with van der Waals surface area (Å²) < 4.78 is 10.9. The minimum atomic E-state index is 0.582. The average molecular weight is 671 g/mol. The molecule has 0 fully saturated rings. The molecule has 0 saturated heterocycles. The molecule has 51 heavy (non-hydrogen) atoms. The van der Waals surface area contributed by atoms with Crippen LogP contribution in [0.15, 0.2) is 162 Å². The van der Waals surface area contributed by atoms with E-state index in [1.165, 1.54) is 10.3 Å². The molecule has 0 aliphatic heterocycles. The van der Waals surface area contributed by atoms with Crippen LogP contribution in [0.4, 0.5) is 0 Å². The van der Waals surface area contributed by atoms with Crippen LogP contribution < -0.4 is 0 Å². The molecule has 11 aromatic rings. The van der Waals surface area contributed by atoms with Gasteiger partial charge in [-0.1, -0.05) is 115 Å². The maximum Gasteiger partial charge on any atom is 0.238 e. The van der Waals surface area contributed by atoms with Crippen molar-refractivity contribution in [1.29, 1.82) is 0 Å². The van der Waals surface area contributed by atoms with Gasteiger partial charge in [0, 0.05) is 48.1 Å². The number of aromatic nitrogens is 4. The Bertz CT molecular complexity index is 3080. The quantitative estimate of drug-likeness (QED) is 0.187. The Kier molecular flexibility index (Phi) is 6.05. The van der Waals surface area contributed by atoms with E-state index >= 15 is 0 Å². The molecule has 5 nitrogen and oxygen atoms in total. The lowest BCUT2D eigenvalue weighted by atomic mass is 10.0. The van der Waals surface area contributed by atoms with Crippen molar-refractivity contribution in [2.45, 2.75) is 0 Å². The highest BCUT2D eigenvalue weighted by Gasteiger charge is 2.19. The standard InChI is InChI=1S/C45H26N4OS/c1-2-10-27(11-3-1)28-18-20-29(21-19-28)43-46-44(48-45(47-43)49-37-15-7-4-12-31(37)32-13-5-8-16-38(32)49)30-22-25-40-36(26-30)35-24-23-34-33-14-6-9-17-39(33)50-41(34)42(35)51-40/h1-26H. The third kappa shape index (κ3) is 4.37. The van der Waals surface area contributed by atoms with E-state index in [0.717, 1.165) is 75.9 Å². The molecule has 0 unspecified atom stereocenters. The van der Waals surface area contributed by atoms with E-state index in [0.29, 0.717) is 17.6 Å². The lowest BCUT2D eigenvalue weighted by molar-refractivity contribution is 0.673. The Morgan fingerprint density at radius 3 is 1.78 bits per heavy atom. The van der Waals surface area contributed by atoms with Crippen LogP contribution in [-0.2, 0) is 0 Å². The Morgan fingerprint density at radius 2 is 1.02 bits per heavy atom. The van der Waals surface area contributed by atoms with E-state index in [9.17, 15) is 0 Å². The number of fused-ring (bicyclic) bond motifs is 10. The van der Waals surface area contributed by atoms with Crippen LogP contribution in [0.2, 0.25) is 0 Å². The smallest absolute Gasteiger partial charge is 0.238 e. The number of hydrogen-bond acceptors (Lipinski definition) is 5. The number of rotatable bonds is 4. The number of hydrogen-bond donors (Lipinski definition) is 0. The SMILES string of the molecule is c1ccc(-c2ccc(-c3nc(-c4ccc5sc6c(ccc7c8ccccc8oc76)c5c4)nc(-n4c5ccccc5c5ccccc54)n3)cc2)cc1. The lowest BCUT2D eigenvalue weighted by Gasteiger charge is -2.11. The van der Waals surface area contributed by atoms with E-state index in [4.69, 9.17) is 19.4 Å². The molecular weight excluding hydrogens is 645 g/mol. The molecule has 0 aliphatic rings. The first-order chi connectivity index (χ1) is 25.3. The highest BCUT2D eigenvalue weighted by atomic mass is 32.1. The van der Waals surface area contributed by atoms with Gasteiger partial charge in [0.15, 0.2) is 17.2 Å². The van der Waals surface area contributed by atoms with Gasteiger partial charge in [-0.05, 0) is 53.6 Å². The molecule has 11 rings (SSSR count). The Labute approximate surface area is 295 Å². The molecular formula is C45H26N4OS. The summed E-state index contributed by atoms with van der Waals surface area (Å²) in [6.45, 7) is 0. The fourth-order valence-electron chi connectivity index (χ4n) is 7.46. The van der Waals surface area contributed by atoms with Gasteiger partial charge in [0.1, 0.15) is 5.58 Å². The van der Waals surface area contributed by atoms with Gasteiger partial charge in [-0.2, -0.15) is 9.97 Å². The summed E-state index contributed by atoms with van der Waals surface area (Å²) >= 11 is 1.76. The van der Waals surface area contributed by atoms with Crippen LogP contribution in [-0.4, -0.2) is 19.5 Å². The molecule has 0 N–H and O–H groups in total. The first kappa shape index (κ1) is 28.2. The molecule has 0 bridgehead atoms. The van der Waals surface area contributed by atoms with Crippen molar-refractivity contribution in [3.63, 3.8) is 0 Å². The van der Waals surface area contributed by atoms with E-state index in [1.807, 2.05) is 18.2 Å². The molecule has 7 aromatic carbocycles. The zero-order chi connectivity index (χ0) is 33.5. The van der Waals surface area contributed by atoms with Crippen LogP contribution >= 0.6 is 11.3 Å². The van der Waals surface area contributed by atoms with Gasteiger partial charge in [0.25, 0.3) is 0 Å². The van der Waals surface area contributed by atoms with Crippen molar-refractivity contribution < 1.29 is 4.42 Å². The largest absolute Gasteiger partial charge is 0.455 e. The molecule has 4 heterocycles. The van der Waals surface area contributed by atoms with Crippen LogP contribution in [0.3, 0.4) is 0 Å². The second kappa shape index (κ2) is 10.9. The predicted octanol–water partition coefficient (Wildman–Crippen LogP) is 12.2. The van der Waals surface area contributed by atoms with E-state index in [1.54, 1.807) is 11.3 Å². The van der Waals surface area contributed by atoms with Crippen molar-refractivity contribution in [3.8, 4) is 39.9 Å². The third-order valence-electron chi connectivity index (χ3n) is 9.90. The highest BCUT2D eigenvalue weighted by Crippen LogP contribution is 2.43. The van der Waals surface area contributed by atoms with Gasteiger partial charge in [-0.25, -0.2) is 4.98 Å². The van der Waals surface area contributed by atoms with Crippen molar-refractivity contribution in [2.24, 2.45) is 0 Å². The molecule has 238 valence electrons. The summed E-state index contributed by atoms with van der Waals surface area (Å²) in [6.07, 6.45) is 0. The lowest BCUT2D eigenvalue weighted by Crippen LogP contribution is -2.06. The van der Waals surface area contributed by atoms with Gasteiger partial charge in [0.05, 0.1) is 15.7 Å². The fourth-order valence-corrected chi connectivity index (χ4v) is 8.63. The van der Waals surface area contributed by atoms with E-state index < -0.39 is 0 Å². The Hall–Kier alpha value is -6.63. The molecule has 6 heteroatoms. The minimum absolute atomic E-state index is 0.582. The zero-order valence-electron chi connectivity index (χ0n) is 27.1. The number of thiophene rings is 1. The maximum atomic E-state index is 6.41. The first-order valence-corrected chi connectivity index (χ1v) is 17.8. The minimum Gasteiger partial charge on any atom is -0.455 e. The second-order valence-electron chi connectivity index (χ2n) is 12.8. The summed E-state index contributed by atoms with van der Waals surface area (Å²) in [5.74, 6) is 1.82. The van der Waals surface area contributed by atoms with Gasteiger partial charge in [0.2, 0.25) is 5.95 Å². The Balaban J connectivity index is 1.13. The van der Waals surface area contributed by atoms with Crippen molar-refractivity contribution in [1.82, 2.24) is 19.5 Å². The summed E-state index contributed by atoms with van der Waals surface area (Å²) in [5, 5.41) is 6.92. The predicted molar refractivity (Wildman–Crippen MR) is 211 cm³/mol. The highest BCUT2D eigenvalue weighted by molar-refractivity contribution is 7.26. The summed E-state index contributed by atoms with van der Waals surface area (Å²) in [5.41, 5.74) is 8.11. The first-order valence-electron chi connectivity index (χ1n) is 16.9. The van der Waals surface area contributed by atoms with Gasteiger partial charge < -0.3 is 4.42 Å². The van der Waals surface area contributed by atoms with Gasteiger partial charge in [-0.3, -0.25) is 4.57 Å². The Morgan fingerprint density at radius 1 is 0.431 bits per heavy atom. The summed E-state index contributed by atoms with van der Waals surface area (Å²) in [4.78, 5) is 15.5. The normalized spacial score (nSPS) is 11.9. The maximum absolute atomic E-state index is 6.41. The monoisotopic (exact) mass is 670 g/mol. The molecule has 0 spiro atoms. The number of nitrogens with zero attached hydrogens (tertiary/aromatic N) is 4. The molecule has 4 aromatic heterocycles. The van der Waals surface area contributed by atoms with Crippen LogP contribution in [0.1, 0.15) is 0 Å². The van der Waals surface area contributed by atoms with Gasteiger partial charge in [-0.15, -0.1) is 11.3 Å². The second-order valence-corrected chi connectivity index (χ2v) is 13.9. The number of benzene rings is 7. The van der Waals surface area contributed by atoms with Crippen LogP contribution in [0.25, 0.3) is 104 Å². The van der Waals surface area contributed by atoms with Gasteiger partial charge >= 0.3 is 0 Å². The van der Waals surface area contributed by atoms with E-state index in [2.05, 4.69) is 144 Å². The molecule has 0 saturated carbocycles. The van der Waals surface area contributed by atoms with Crippen molar-refractivity contribution in [2.75, 3.05) is 0 Å². The molecule has 0 radical (unpaired) electrons. The van der Waals surface area contributed by atoms with Crippen LogP contribution in [0.5, 0.6) is 0 Å². The summed E-state index contributed by atoms with van der Waals surface area (Å²) in [6, 6.07) is 54.9. The molecule has 0 atom stereocenters. The third-order valence-corrected chi connectivity index (χ3v) is 11.1. The average Bonchev–Trinajstić information content (AvgIpc) is 3.88. The summed E-state index contributed by atoms with van der Waals surface area (Å²) in [7, 11) is 0. The van der Waals surface area contributed by atoms with E-state index in [-0.39, 0.29) is 0 Å². The fraction of sp³-hybridized carbons (Fsp3) is 0. The number of furan rings is 1.